The maximum Gasteiger partial charge on any atom is 0.337 e. The number of allylic oxidation sites excluding steroid dienone is 2. The van der Waals surface area contributed by atoms with Crippen molar-refractivity contribution in [3.05, 3.63) is 70.4 Å². The molecule has 0 saturated carbocycles. The summed E-state index contributed by atoms with van der Waals surface area (Å²) in [5.41, 5.74) is 5.20. The van der Waals surface area contributed by atoms with Crippen LogP contribution in [0.3, 0.4) is 0 Å². The summed E-state index contributed by atoms with van der Waals surface area (Å²) in [6.45, 7) is 6.38. The van der Waals surface area contributed by atoms with E-state index in [-0.39, 0.29) is 12.2 Å². The van der Waals surface area contributed by atoms with Crippen LogP contribution in [0.5, 0.6) is 0 Å². The molecule has 0 aliphatic heterocycles. The SMILES string of the molecule is CC=C(C)C.O=C(O)c1c[nH]c2cc(Cl)c(-c3ccc(CCCO)cc3)cc12. The van der Waals surface area contributed by atoms with Crippen molar-refractivity contribution in [3.8, 4) is 11.1 Å². The molecular weight excluding hydrogens is 374 g/mol. The molecule has 0 amide bonds. The third-order valence-electron chi connectivity index (χ3n) is 4.47. The topological polar surface area (TPSA) is 73.3 Å². The molecule has 5 heteroatoms. The fraction of sp³-hybridized carbons (Fsp3) is 0.261. The van der Waals surface area contributed by atoms with Crippen molar-refractivity contribution in [2.45, 2.75) is 33.6 Å². The summed E-state index contributed by atoms with van der Waals surface area (Å²) in [6, 6.07) is 11.5. The van der Waals surface area contributed by atoms with Crippen LogP contribution < -0.4 is 0 Å². The van der Waals surface area contributed by atoms with Crippen molar-refractivity contribution in [2.24, 2.45) is 0 Å². The lowest BCUT2D eigenvalue weighted by atomic mass is 10.00. The fourth-order valence-corrected chi connectivity index (χ4v) is 2.95. The molecule has 28 heavy (non-hydrogen) atoms. The van der Waals surface area contributed by atoms with Gasteiger partial charge in [0.25, 0.3) is 0 Å². The minimum atomic E-state index is -0.969. The standard InChI is InChI=1S/C18H16ClNO3.C5H10/c19-16-9-17-14(15(10-20-17)18(22)23)8-13(16)12-5-3-11(4-6-12)2-1-7-21;1-4-5(2)3/h3-6,8-10,20-21H,1-2,7H2,(H,22,23);4H,1-3H3. The monoisotopic (exact) mass is 399 g/mol. The van der Waals surface area contributed by atoms with Gasteiger partial charge in [0.05, 0.1) is 10.6 Å². The summed E-state index contributed by atoms with van der Waals surface area (Å²) in [5.74, 6) is -0.969. The number of carbonyl (C=O) groups is 1. The van der Waals surface area contributed by atoms with Crippen LogP contribution in [-0.2, 0) is 6.42 Å². The third-order valence-corrected chi connectivity index (χ3v) is 4.78. The smallest absolute Gasteiger partial charge is 0.337 e. The van der Waals surface area contributed by atoms with Crippen LogP contribution in [0.2, 0.25) is 5.02 Å². The van der Waals surface area contributed by atoms with Crippen molar-refractivity contribution in [2.75, 3.05) is 6.61 Å². The number of aliphatic hydroxyl groups is 1. The number of carboxylic acids is 1. The highest BCUT2D eigenvalue weighted by molar-refractivity contribution is 6.34. The van der Waals surface area contributed by atoms with E-state index in [4.69, 9.17) is 16.7 Å². The number of nitrogens with one attached hydrogen (secondary N) is 1. The summed E-state index contributed by atoms with van der Waals surface area (Å²) in [4.78, 5) is 14.2. The van der Waals surface area contributed by atoms with Gasteiger partial charge >= 0.3 is 5.97 Å². The maximum absolute atomic E-state index is 11.3. The Morgan fingerprint density at radius 1 is 1.18 bits per heavy atom. The first-order valence-corrected chi connectivity index (χ1v) is 9.58. The van der Waals surface area contributed by atoms with Gasteiger partial charge in [-0.1, -0.05) is 47.5 Å². The molecule has 1 heterocycles. The van der Waals surface area contributed by atoms with Gasteiger partial charge in [0.1, 0.15) is 0 Å². The van der Waals surface area contributed by atoms with Crippen LogP contribution in [-0.4, -0.2) is 27.8 Å². The highest BCUT2D eigenvalue weighted by Crippen LogP contribution is 2.33. The number of aromatic carboxylic acids is 1. The molecule has 0 saturated heterocycles. The molecular formula is C23H26ClNO3. The van der Waals surface area contributed by atoms with Crippen molar-refractivity contribution in [1.82, 2.24) is 4.98 Å². The van der Waals surface area contributed by atoms with Gasteiger partial charge in [0.15, 0.2) is 0 Å². The average molecular weight is 400 g/mol. The Hall–Kier alpha value is -2.56. The second-order valence-electron chi connectivity index (χ2n) is 6.78. The minimum absolute atomic E-state index is 0.176. The second kappa shape index (κ2) is 10.1. The Labute approximate surface area is 170 Å². The highest BCUT2D eigenvalue weighted by atomic mass is 35.5. The quantitative estimate of drug-likeness (QED) is 0.455. The van der Waals surface area contributed by atoms with E-state index in [1.165, 1.54) is 11.8 Å². The van der Waals surface area contributed by atoms with Gasteiger partial charge in [-0.05, 0) is 56.9 Å². The van der Waals surface area contributed by atoms with E-state index >= 15 is 0 Å². The van der Waals surface area contributed by atoms with E-state index in [0.717, 1.165) is 29.5 Å². The van der Waals surface area contributed by atoms with Gasteiger partial charge in [-0.2, -0.15) is 0 Å². The second-order valence-corrected chi connectivity index (χ2v) is 7.18. The number of fused-ring (bicyclic) bond motifs is 1. The lowest BCUT2D eigenvalue weighted by Crippen LogP contribution is -1.94. The van der Waals surface area contributed by atoms with Gasteiger partial charge in [-0.3, -0.25) is 0 Å². The Morgan fingerprint density at radius 3 is 2.36 bits per heavy atom. The van der Waals surface area contributed by atoms with E-state index < -0.39 is 5.97 Å². The molecule has 148 valence electrons. The van der Waals surface area contributed by atoms with Crippen LogP contribution in [0.1, 0.15) is 43.1 Å². The molecule has 1 aromatic heterocycles. The van der Waals surface area contributed by atoms with E-state index in [1.54, 1.807) is 12.1 Å². The summed E-state index contributed by atoms with van der Waals surface area (Å²) < 4.78 is 0. The molecule has 0 fully saturated rings. The normalized spacial score (nSPS) is 10.3. The van der Waals surface area contributed by atoms with Crippen molar-refractivity contribution in [3.63, 3.8) is 0 Å². The highest BCUT2D eigenvalue weighted by Gasteiger charge is 2.14. The number of aromatic amines is 1. The molecule has 2 aromatic carbocycles. The summed E-state index contributed by atoms with van der Waals surface area (Å²) in [6.07, 6.45) is 5.12. The van der Waals surface area contributed by atoms with Gasteiger partial charge < -0.3 is 15.2 Å². The number of H-pyrrole nitrogens is 1. The largest absolute Gasteiger partial charge is 0.478 e. The van der Waals surface area contributed by atoms with E-state index in [0.29, 0.717) is 15.9 Å². The number of hydrogen-bond donors (Lipinski definition) is 3. The Balaban J connectivity index is 0.000000500. The van der Waals surface area contributed by atoms with E-state index in [1.807, 2.05) is 31.2 Å². The number of rotatable bonds is 5. The molecule has 0 unspecified atom stereocenters. The van der Waals surface area contributed by atoms with Crippen molar-refractivity contribution >= 4 is 28.5 Å². The Bertz CT molecular complexity index is 967. The third kappa shape index (κ3) is 5.47. The van der Waals surface area contributed by atoms with Crippen LogP contribution in [0.15, 0.2) is 54.2 Å². The van der Waals surface area contributed by atoms with Crippen molar-refractivity contribution < 1.29 is 15.0 Å². The predicted molar refractivity (Wildman–Crippen MR) is 116 cm³/mol. The van der Waals surface area contributed by atoms with Gasteiger partial charge in [0.2, 0.25) is 0 Å². The molecule has 3 aromatic rings. The number of aryl methyl sites for hydroxylation is 1. The van der Waals surface area contributed by atoms with Crippen LogP contribution in [0.25, 0.3) is 22.0 Å². The zero-order valence-electron chi connectivity index (χ0n) is 16.4. The summed E-state index contributed by atoms with van der Waals surface area (Å²) in [5, 5.41) is 19.3. The van der Waals surface area contributed by atoms with Gasteiger partial charge in [-0.15, -0.1) is 0 Å². The first kappa shape index (κ1) is 21.7. The van der Waals surface area contributed by atoms with Crippen LogP contribution >= 0.6 is 11.6 Å². The average Bonchev–Trinajstić information content (AvgIpc) is 3.09. The number of benzene rings is 2. The maximum atomic E-state index is 11.3. The molecule has 4 nitrogen and oxygen atoms in total. The molecule has 0 aliphatic rings. The molecule has 0 spiro atoms. The van der Waals surface area contributed by atoms with Crippen LogP contribution in [0, 0.1) is 0 Å². The van der Waals surface area contributed by atoms with Crippen LogP contribution in [0.4, 0.5) is 0 Å². The molecule has 3 N–H and O–H groups in total. The summed E-state index contributed by atoms with van der Waals surface area (Å²) >= 11 is 6.35. The first-order valence-electron chi connectivity index (χ1n) is 9.21. The Morgan fingerprint density at radius 2 is 1.82 bits per heavy atom. The molecule has 0 bridgehead atoms. The molecule has 0 radical (unpaired) electrons. The molecule has 3 rings (SSSR count). The lowest BCUT2D eigenvalue weighted by Gasteiger charge is -2.07. The summed E-state index contributed by atoms with van der Waals surface area (Å²) in [7, 11) is 0. The fourth-order valence-electron chi connectivity index (χ4n) is 2.68. The van der Waals surface area contributed by atoms with E-state index in [9.17, 15) is 9.90 Å². The number of carboxylic acid groups (broad SMARTS) is 1. The number of aliphatic hydroxyl groups excluding tert-OH is 1. The number of hydrogen-bond acceptors (Lipinski definition) is 2. The zero-order valence-corrected chi connectivity index (χ0v) is 17.2. The predicted octanol–water partition coefficient (Wildman–Crippen LogP) is 6.08. The minimum Gasteiger partial charge on any atom is -0.478 e. The lowest BCUT2D eigenvalue weighted by molar-refractivity contribution is 0.0699. The van der Waals surface area contributed by atoms with Gasteiger partial charge in [0, 0.05) is 29.3 Å². The number of aromatic nitrogens is 1. The zero-order chi connectivity index (χ0) is 20.7. The van der Waals surface area contributed by atoms with Crippen molar-refractivity contribution in [1.29, 1.82) is 0 Å². The van der Waals surface area contributed by atoms with E-state index in [2.05, 4.69) is 24.9 Å². The van der Waals surface area contributed by atoms with Gasteiger partial charge in [-0.25, -0.2) is 4.79 Å². The molecule has 0 atom stereocenters. The molecule has 0 aliphatic carbocycles. The number of halogens is 1. The first-order chi connectivity index (χ1) is 13.4. The Kier molecular flexibility index (Phi) is 7.85.